The van der Waals surface area contributed by atoms with E-state index in [1.54, 1.807) is 37.4 Å². The highest BCUT2D eigenvalue weighted by Crippen LogP contribution is 2.20. The van der Waals surface area contributed by atoms with Crippen LogP contribution in [-0.4, -0.2) is 25.7 Å². The molecule has 0 aliphatic carbocycles. The molecule has 0 aliphatic rings. The van der Waals surface area contributed by atoms with Gasteiger partial charge in [0.15, 0.2) is 11.6 Å². The van der Waals surface area contributed by atoms with Crippen LogP contribution in [0.4, 0.5) is 11.6 Å². The van der Waals surface area contributed by atoms with Crippen LogP contribution in [0.1, 0.15) is 23.8 Å². The number of hydrogen-bond acceptors (Lipinski definition) is 6. The van der Waals surface area contributed by atoms with Gasteiger partial charge in [0.2, 0.25) is 5.95 Å². The first-order valence-electron chi connectivity index (χ1n) is 7.37. The molecular formula is C17H14ClN5O. The molecule has 0 amide bonds. The number of carbonyl (C=O) groups is 1. The summed E-state index contributed by atoms with van der Waals surface area (Å²) in [6.45, 7) is 1.80. The van der Waals surface area contributed by atoms with Crippen LogP contribution in [-0.2, 0) is 0 Å². The number of nitrogens with zero attached hydrogens (tertiary/aromatic N) is 4. The fourth-order valence-corrected chi connectivity index (χ4v) is 2.28. The van der Waals surface area contributed by atoms with Crippen molar-refractivity contribution in [3.8, 4) is 11.4 Å². The second-order valence-corrected chi connectivity index (χ2v) is 5.41. The van der Waals surface area contributed by atoms with Crippen LogP contribution in [0.15, 0.2) is 48.9 Å². The molecule has 3 rings (SSSR count). The third-order valence-corrected chi connectivity index (χ3v) is 3.51. The Kier molecular flexibility index (Phi) is 4.77. The average Bonchev–Trinajstić information content (AvgIpc) is 2.61. The van der Waals surface area contributed by atoms with E-state index >= 15 is 0 Å². The fourth-order valence-electron chi connectivity index (χ4n) is 2.09. The first-order valence-corrected chi connectivity index (χ1v) is 7.75. The number of aromatic nitrogens is 4. The molecule has 1 N–H and O–H groups in total. The van der Waals surface area contributed by atoms with Crippen molar-refractivity contribution in [2.45, 2.75) is 13.3 Å². The number of ketones is 1. The topological polar surface area (TPSA) is 80.7 Å². The molecule has 0 bridgehead atoms. The van der Waals surface area contributed by atoms with Crippen LogP contribution in [0, 0.1) is 0 Å². The van der Waals surface area contributed by atoms with E-state index in [0.717, 1.165) is 5.69 Å². The predicted molar refractivity (Wildman–Crippen MR) is 92.4 cm³/mol. The van der Waals surface area contributed by atoms with E-state index in [1.807, 2.05) is 12.1 Å². The van der Waals surface area contributed by atoms with Gasteiger partial charge in [0.1, 0.15) is 12.0 Å². The SMILES string of the molecule is CCC(=O)c1cc(-c2ncnc(Nc3cccc(Cl)c3)n2)ccn1. The average molecular weight is 340 g/mol. The molecule has 24 heavy (non-hydrogen) atoms. The first-order chi connectivity index (χ1) is 11.7. The Balaban J connectivity index is 1.89. The molecule has 0 saturated heterocycles. The number of benzene rings is 1. The minimum atomic E-state index is -0.0248. The van der Waals surface area contributed by atoms with Crippen LogP contribution in [0.3, 0.4) is 0 Å². The summed E-state index contributed by atoms with van der Waals surface area (Å²) >= 11 is 5.97. The lowest BCUT2D eigenvalue weighted by atomic mass is 10.1. The van der Waals surface area contributed by atoms with Gasteiger partial charge in [0.25, 0.3) is 0 Å². The zero-order valence-corrected chi connectivity index (χ0v) is 13.7. The molecule has 0 radical (unpaired) electrons. The second kappa shape index (κ2) is 7.14. The third kappa shape index (κ3) is 3.72. The second-order valence-electron chi connectivity index (χ2n) is 4.97. The summed E-state index contributed by atoms with van der Waals surface area (Å²) in [6, 6.07) is 10.7. The van der Waals surface area contributed by atoms with Crippen molar-refractivity contribution < 1.29 is 4.79 Å². The van der Waals surface area contributed by atoms with Gasteiger partial charge in [-0.3, -0.25) is 9.78 Å². The molecule has 0 fully saturated rings. The Morgan fingerprint density at radius 3 is 2.83 bits per heavy atom. The van der Waals surface area contributed by atoms with Crippen LogP contribution in [0.2, 0.25) is 5.02 Å². The maximum Gasteiger partial charge on any atom is 0.230 e. The number of carbonyl (C=O) groups excluding carboxylic acids is 1. The lowest BCUT2D eigenvalue weighted by Gasteiger charge is -2.07. The van der Waals surface area contributed by atoms with Crippen LogP contribution in [0.5, 0.6) is 0 Å². The minimum Gasteiger partial charge on any atom is -0.324 e. The maximum atomic E-state index is 11.8. The van der Waals surface area contributed by atoms with Crippen molar-refractivity contribution in [2.75, 3.05) is 5.32 Å². The highest BCUT2D eigenvalue weighted by molar-refractivity contribution is 6.30. The summed E-state index contributed by atoms with van der Waals surface area (Å²) in [6.07, 6.45) is 3.39. The molecular weight excluding hydrogens is 326 g/mol. The monoisotopic (exact) mass is 339 g/mol. The van der Waals surface area contributed by atoms with E-state index in [-0.39, 0.29) is 5.78 Å². The summed E-state index contributed by atoms with van der Waals surface area (Å²) in [7, 11) is 0. The van der Waals surface area contributed by atoms with E-state index in [9.17, 15) is 4.79 Å². The lowest BCUT2D eigenvalue weighted by Crippen LogP contribution is -2.02. The standard InChI is InChI=1S/C17H14ClN5O/c1-2-15(24)14-8-11(6-7-19-14)16-20-10-21-17(23-16)22-13-5-3-4-12(18)9-13/h3-10H,2H2,1H3,(H,20,21,22,23). The van der Waals surface area contributed by atoms with Gasteiger partial charge in [-0.15, -0.1) is 0 Å². The van der Waals surface area contributed by atoms with Crippen molar-refractivity contribution in [2.24, 2.45) is 0 Å². The van der Waals surface area contributed by atoms with Crippen LogP contribution >= 0.6 is 11.6 Å². The first kappa shape index (κ1) is 16.0. The third-order valence-electron chi connectivity index (χ3n) is 3.28. The van der Waals surface area contributed by atoms with Gasteiger partial charge in [0.05, 0.1) is 0 Å². The van der Waals surface area contributed by atoms with E-state index in [2.05, 4.69) is 25.3 Å². The summed E-state index contributed by atoms with van der Waals surface area (Å²) in [4.78, 5) is 28.5. The molecule has 7 heteroatoms. The zero-order valence-electron chi connectivity index (χ0n) is 12.9. The van der Waals surface area contributed by atoms with Gasteiger partial charge in [-0.25, -0.2) is 9.97 Å². The van der Waals surface area contributed by atoms with Crippen molar-refractivity contribution in [1.29, 1.82) is 0 Å². The number of Topliss-reactive ketones (excluding diaryl/α,β-unsaturated/α-hetero) is 1. The highest BCUT2D eigenvalue weighted by atomic mass is 35.5. The molecule has 2 aromatic heterocycles. The molecule has 0 aliphatic heterocycles. The Labute approximate surface area is 144 Å². The van der Waals surface area contributed by atoms with E-state index in [0.29, 0.717) is 34.5 Å². The number of hydrogen-bond donors (Lipinski definition) is 1. The molecule has 0 atom stereocenters. The summed E-state index contributed by atoms with van der Waals surface area (Å²) in [5, 5.41) is 3.69. The van der Waals surface area contributed by atoms with Gasteiger partial charge >= 0.3 is 0 Å². The molecule has 0 spiro atoms. The highest BCUT2D eigenvalue weighted by Gasteiger charge is 2.09. The van der Waals surface area contributed by atoms with Crippen LogP contribution in [0.25, 0.3) is 11.4 Å². The van der Waals surface area contributed by atoms with Crippen molar-refractivity contribution >= 4 is 29.0 Å². The van der Waals surface area contributed by atoms with Gasteiger partial charge in [-0.05, 0) is 30.3 Å². The quantitative estimate of drug-likeness (QED) is 0.709. The van der Waals surface area contributed by atoms with E-state index in [1.165, 1.54) is 6.33 Å². The van der Waals surface area contributed by atoms with Gasteiger partial charge in [-0.2, -0.15) is 4.98 Å². The van der Waals surface area contributed by atoms with Crippen molar-refractivity contribution in [3.63, 3.8) is 0 Å². The summed E-state index contributed by atoms with van der Waals surface area (Å²) < 4.78 is 0. The Hall–Kier alpha value is -2.86. The predicted octanol–water partition coefficient (Wildman–Crippen LogP) is 3.92. The Morgan fingerprint density at radius 2 is 2.04 bits per heavy atom. The normalized spacial score (nSPS) is 10.4. The smallest absolute Gasteiger partial charge is 0.230 e. The number of halogens is 1. The number of anilines is 2. The van der Waals surface area contributed by atoms with Crippen molar-refractivity contribution in [1.82, 2.24) is 19.9 Å². The van der Waals surface area contributed by atoms with E-state index in [4.69, 9.17) is 11.6 Å². The molecule has 0 saturated carbocycles. The summed E-state index contributed by atoms with van der Waals surface area (Å²) in [5.41, 5.74) is 1.88. The molecule has 6 nitrogen and oxygen atoms in total. The number of rotatable bonds is 5. The molecule has 2 heterocycles. The van der Waals surface area contributed by atoms with Crippen LogP contribution < -0.4 is 5.32 Å². The minimum absolute atomic E-state index is 0.0248. The Bertz CT molecular complexity index is 884. The number of nitrogens with one attached hydrogen (secondary N) is 1. The summed E-state index contributed by atoms with van der Waals surface area (Å²) in [5.74, 6) is 0.827. The zero-order chi connectivity index (χ0) is 16.9. The van der Waals surface area contributed by atoms with E-state index < -0.39 is 0 Å². The molecule has 120 valence electrons. The Morgan fingerprint density at radius 1 is 1.17 bits per heavy atom. The van der Waals surface area contributed by atoms with Gasteiger partial charge < -0.3 is 5.32 Å². The van der Waals surface area contributed by atoms with Gasteiger partial charge in [-0.1, -0.05) is 24.6 Å². The van der Waals surface area contributed by atoms with Crippen molar-refractivity contribution in [3.05, 3.63) is 59.6 Å². The largest absolute Gasteiger partial charge is 0.324 e. The lowest BCUT2D eigenvalue weighted by molar-refractivity contribution is 0.0983. The molecule has 3 aromatic rings. The molecule has 1 aromatic carbocycles. The fraction of sp³-hybridized carbons (Fsp3) is 0.118. The maximum absolute atomic E-state index is 11.8. The van der Waals surface area contributed by atoms with Gasteiger partial charge in [0, 0.05) is 28.9 Å². The molecule has 0 unspecified atom stereocenters. The number of pyridine rings is 1.